The van der Waals surface area contributed by atoms with Crippen molar-refractivity contribution in [1.82, 2.24) is 15.5 Å². The van der Waals surface area contributed by atoms with Crippen LogP contribution in [-0.4, -0.2) is 29.9 Å². The molecule has 0 radical (unpaired) electrons. The lowest BCUT2D eigenvalue weighted by molar-refractivity contribution is -0.130. The van der Waals surface area contributed by atoms with E-state index in [0.29, 0.717) is 5.56 Å². The Morgan fingerprint density at radius 2 is 1.81 bits per heavy atom. The minimum Gasteiger partial charge on any atom is -0.494 e. The minimum atomic E-state index is -1.87. The lowest BCUT2D eigenvalue weighted by Gasteiger charge is -2.35. The summed E-state index contributed by atoms with van der Waals surface area (Å²) in [6.07, 6.45) is 0. The van der Waals surface area contributed by atoms with Crippen molar-refractivity contribution in [1.29, 1.82) is 0 Å². The highest BCUT2D eigenvalue weighted by Crippen LogP contribution is 2.38. The molecule has 138 valence electrons. The number of ether oxygens (including phenoxy) is 1. The Hall–Kier alpha value is -3.49. The third kappa shape index (κ3) is 2.35. The Kier molecular flexibility index (Phi) is 3.62. The van der Waals surface area contributed by atoms with Crippen LogP contribution in [0.15, 0.2) is 36.4 Å². The number of nitrogens with zero attached hydrogens (tertiary/aromatic N) is 1. The fourth-order valence-electron chi connectivity index (χ4n) is 3.43. The van der Waals surface area contributed by atoms with Crippen LogP contribution in [0, 0.1) is 11.6 Å². The molecule has 2 N–H and O–H groups in total. The molecular formula is C18H13F2N3O4. The lowest BCUT2D eigenvalue weighted by atomic mass is 9.97. The van der Waals surface area contributed by atoms with Gasteiger partial charge < -0.3 is 10.1 Å². The summed E-state index contributed by atoms with van der Waals surface area (Å²) >= 11 is 0. The van der Waals surface area contributed by atoms with Gasteiger partial charge in [-0.1, -0.05) is 12.1 Å². The molecule has 4 rings (SSSR count). The van der Waals surface area contributed by atoms with Crippen LogP contribution in [0.5, 0.6) is 5.75 Å². The minimum absolute atomic E-state index is 0.0425. The Morgan fingerprint density at radius 1 is 1.11 bits per heavy atom. The topological polar surface area (TPSA) is 87.7 Å². The highest BCUT2D eigenvalue weighted by molar-refractivity contribution is 6.11. The number of nitrogens with one attached hydrogen (secondary N) is 2. The molecule has 0 bridgehead atoms. The van der Waals surface area contributed by atoms with E-state index in [1.54, 1.807) is 0 Å². The number of methoxy groups -OCH3 is 1. The maximum absolute atomic E-state index is 14.0. The molecule has 2 aliphatic rings. The van der Waals surface area contributed by atoms with Crippen LogP contribution in [0.1, 0.15) is 21.5 Å². The van der Waals surface area contributed by atoms with E-state index < -0.39 is 35.1 Å². The fraction of sp³-hybridized carbons (Fsp3) is 0.167. The number of halogens is 2. The summed E-state index contributed by atoms with van der Waals surface area (Å²) in [5, 5.41) is 4.56. The van der Waals surface area contributed by atoms with E-state index in [9.17, 15) is 23.2 Å². The van der Waals surface area contributed by atoms with E-state index in [2.05, 4.69) is 10.6 Å². The zero-order valence-corrected chi connectivity index (χ0v) is 14.0. The first-order valence-corrected chi connectivity index (χ1v) is 7.95. The summed E-state index contributed by atoms with van der Waals surface area (Å²) in [4.78, 5) is 38.6. The first-order valence-electron chi connectivity index (χ1n) is 7.95. The first kappa shape index (κ1) is 17.0. The van der Waals surface area contributed by atoms with Crippen LogP contribution in [-0.2, 0) is 17.0 Å². The van der Waals surface area contributed by atoms with Crippen LogP contribution >= 0.6 is 0 Å². The third-order valence-electron chi connectivity index (χ3n) is 4.70. The zero-order valence-electron chi connectivity index (χ0n) is 14.0. The first-order chi connectivity index (χ1) is 12.9. The van der Waals surface area contributed by atoms with Crippen LogP contribution in [0.2, 0.25) is 0 Å². The van der Waals surface area contributed by atoms with Gasteiger partial charge in [-0.05, 0) is 29.8 Å². The van der Waals surface area contributed by atoms with E-state index in [1.807, 2.05) is 0 Å². The zero-order chi connectivity index (χ0) is 19.3. The van der Waals surface area contributed by atoms with E-state index in [-0.39, 0.29) is 23.4 Å². The second kappa shape index (κ2) is 5.76. The molecule has 1 saturated heterocycles. The number of fused-ring (bicyclic) bond motifs is 1. The fourth-order valence-corrected chi connectivity index (χ4v) is 3.43. The highest BCUT2D eigenvalue weighted by atomic mass is 19.1. The van der Waals surface area contributed by atoms with Crippen LogP contribution in [0.4, 0.5) is 13.6 Å². The number of urea groups is 1. The SMILES string of the molecule is COc1cc2c(cc1F)C(=O)N(C1(c3ccc(F)cc3)NC(=O)NC1=O)C2. The predicted octanol–water partition coefficient (Wildman–Crippen LogP) is 1.62. The predicted molar refractivity (Wildman–Crippen MR) is 87.6 cm³/mol. The van der Waals surface area contributed by atoms with Crippen molar-refractivity contribution < 1.29 is 27.9 Å². The van der Waals surface area contributed by atoms with Gasteiger partial charge in [0.2, 0.25) is 5.66 Å². The number of amides is 4. The van der Waals surface area contributed by atoms with E-state index >= 15 is 0 Å². The van der Waals surface area contributed by atoms with Crippen molar-refractivity contribution in [2.24, 2.45) is 0 Å². The average Bonchev–Trinajstić information content (AvgIpc) is 3.12. The largest absolute Gasteiger partial charge is 0.494 e. The molecule has 0 spiro atoms. The average molecular weight is 373 g/mol. The summed E-state index contributed by atoms with van der Waals surface area (Å²) in [6.45, 7) is -0.0735. The Labute approximate surface area is 151 Å². The summed E-state index contributed by atoms with van der Waals surface area (Å²) in [6, 6.07) is 6.45. The second-order valence-electron chi connectivity index (χ2n) is 6.16. The molecule has 9 heteroatoms. The smallest absolute Gasteiger partial charge is 0.324 e. The third-order valence-corrected chi connectivity index (χ3v) is 4.70. The summed E-state index contributed by atoms with van der Waals surface area (Å²) in [5.74, 6) is -2.73. The molecule has 7 nitrogen and oxygen atoms in total. The normalized spacial score (nSPS) is 21.1. The number of imide groups is 1. The van der Waals surface area contributed by atoms with Gasteiger partial charge >= 0.3 is 6.03 Å². The molecule has 2 aromatic carbocycles. The Bertz CT molecular complexity index is 993. The molecule has 2 aromatic rings. The summed E-state index contributed by atoms with van der Waals surface area (Å²) in [5.41, 5.74) is -1.18. The van der Waals surface area contributed by atoms with Gasteiger partial charge in [-0.3, -0.25) is 19.8 Å². The molecule has 2 aliphatic heterocycles. The number of hydrogen-bond acceptors (Lipinski definition) is 4. The lowest BCUT2D eigenvalue weighted by Crippen LogP contribution is -2.58. The van der Waals surface area contributed by atoms with Gasteiger partial charge in [0, 0.05) is 11.1 Å². The van der Waals surface area contributed by atoms with E-state index in [0.717, 1.165) is 23.1 Å². The van der Waals surface area contributed by atoms with Crippen molar-refractivity contribution in [2.75, 3.05) is 7.11 Å². The van der Waals surface area contributed by atoms with Crippen LogP contribution in [0.3, 0.4) is 0 Å². The van der Waals surface area contributed by atoms with E-state index in [4.69, 9.17) is 4.74 Å². The summed E-state index contributed by atoms with van der Waals surface area (Å²) < 4.78 is 32.3. The molecule has 27 heavy (non-hydrogen) atoms. The van der Waals surface area contributed by atoms with Gasteiger partial charge in [-0.25, -0.2) is 13.6 Å². The van der Waals surface area contributed by atoms with Gasteiger partial charge in [0.25, 0.3) is 11.8 Å². The van der Waals surface area contributed by atoms with E-state index in [1.165, 1.54) is 25.3 Å². The maximum Gasteiger partial charge on any atom is 0.324 e. The van der Waals surface area contributed by atoms with Crippen molar-refractivity contribution in [3.8, 4) is 5.75 Å². The second-order valence-corrected chi connectivity index (χ2v) is 6.16. The van der Waals surface area contributed by atoms with Gasteiger partial charge in [0.15, 0.2) is 11.6 Å². The molecule has 4 amide bonds. The van der Waals surface area contributed by atoms with Crippen LogP contribution in [0.25, 0.3) is 0 Å². The number of rotatable bonds is 3. The molecule has 0 aromatic heterocycles. The highest BCUT2D eigenvalue weighted by Gasteiger charge is 2.56. The van der Waals surface area contributed by atoms with Gasteiger partial charge in [0.1, 0.15) is 5.82 Å². The molecule has 0 aliphatic carbocycles. The van der Waals surface area contributed by atoms with Crippen molar-refractivity contribution in [3.05, 3.63) is 64.7 Å². The monoisotopic (exact) mass is 373 g/mol. The number of hydrogen-bond donors (Lipinski definition) is 2. The van der Waals surface area contributed by atoms with Gasteiger partial charge in [-0.15, -0.1) is 0 Å². The number of benzene rings is 2. The molecule has 1 unspecified atom stereocenters. The van der Waals surface area contributed by atoms with Crippen molar-refractivity contribution >= 4 is 17.8 Å². The number of carbonyl (C=O) groups is 3. The quantitative estimate of drug-likeness (QED) is 0.801. The molecular weight excluding hydrogens is 360 g/mol. The number of carbonyl (C=O) groups excluding carboxylic acids is 3. The molecule has 0 saturated carbocycles. The molecule has 1 atom stereocenters. The van der Waals surface area contributed by atoms with Crippen molar-refractivity contribution in [3.63, 3.8) is 0 Å². The molecule has 2 heterocycles. The van der Waals surface area contributed by atoms with Crippen molar-refractivity contribution in [2.45, 2.75) is 12.2 Å². The molecule has 1 fully saturated rings. The standard InChI is InChI=1S/C18H13F2N3O4/c1-27-14-6-9-8-23(15(24)12(9)7-13(14)20)18(16(25)21-17(26)22-18)10-2-4-11(19)5-3-10/h2-7H,8H2,1H3,(H2,21,22,25,26). The Balaban J connectivity index is 1.85. The van der Waals surface area contributed by atoms with Gasteiger partial charge in [0.05, 0.1) is 13.7 Å². The van der Waals surface area contributed by atoms with Crippen LogP contribution < -0.4 is 15.4 Å². The van der Waals surface area contributed by atoms with Gasteiger partial charge in [-0.2, -0.15) is 0 Å². The summed E-state index contributed by atoms with van der Waals surface area (Å²) in [7, 11) is 1.30. The maximum atomic E-state index is 14.0. The Morgan fingerprint density at radius 3 is 2.41 bits per heavy atom.